The van der Waals surface area contributed by atoms with Crippen LogP contribution in [0.5, 0.6) is 0 Å². The molecule has 0 spiro atoms. The number of pyridine rings is 1. The first-order chi connectivity index (χ1) is 19.0. The summed E-state index contributed by atoms with van der Waals surface area (Å²) in [4.78, 5) is 32.1. The van der Waals surface area contributed by atoms with Crippen molar-refractivity contribution < 1.29 is 9.59 Å². The van der Waals surface area contributed by atoms with Gasteiger partial charge in [0.1, 0.15) is 5.82 Å². The van der Waals surface area contributed by atoms with Crippen molar-refractivity contribution in [1.29, 1.82) is 0 Å². The minimum atomic E-state index is -0.175. The number of hydrogen-bond acceptors (Lipinski definition) is 5. The van der Waals surface area contributed by atoms with E-state index in [-0.39, 0.29) is 11.4 Å². The number of anilines is 1. The number of carbonyl (C=O) groups excluding carboxylic acids is 2. The normalized spacial score (nSPS) is 22.8. The summed E-state index contributed by atoms with van der Waals surface area (Å²) in [7, 11) is 0. The van der Waals surface area contributed by atoms with E-state index >= 15 is 0 Å². The molecule has 0 radical (unpaired) electrons. The molecule has 1 saturated heterocycles. The van der Waals surface area contributed by atoms with Crippen LogP contribution in [0.25, 0.3) is 22.3 Å². The molecule has 1 aliphatic heterocycles. The second kappa shape index (κ2) is 11.2. The van der Waals surface area contributed by atoms with Crippen molar-refractivity contribution in [2.45, 2.75) is 82.2 Å². The van der Waals surface area contributed by atoms with Gasteiger partial charge in [-0.2, -0.15) is 11.3 Å². The van der Waals surface area contributed by atoms with Crippen molar-refractivity contribution in [3.8, 4) is 22.3 Å². The molecule has 39 heavy (non-hydrogen) atoms. The first-order valence-electron chi connectivity index (χ1n) is 14.5. The molecular weight excluding hydrogens is 504 g/mol. The molecule has 2 amide bonds. The van der Waals surface area contributed by atoms with Gasteiger partial charge >= 0.3 is 0 Å². The fourth-order valence-electron chi connectivity index (χ4n) is 6.57. The first-order valence-corrected chi connectivity index (χ1v) is 15.4. The van der Waals surface area contributed by atoms with Gasteiger partial charge in [-0.05, 0) is 109 Å². The van der Waals surface area contributed by atoms with Crippen LogP contribution in [-0.2, 0) is 15.1 Å². The Morgan fingerprint density at radius 1 is 1.03 bits per heavy atom. The Hall–Kier alpha value is -3.03. The van der Waals surface area contributed by atoms with Gasteiger partial charge < -0.3 is 16.0 Å². The predicted molar refractivity (Wildman–Crippen MR) is 157 cm³/mol. The maximum atomic E-state index is 13.0. The SMILES string of the molecule is NC1(c2ccc(-c3cnc(NC(=O)C[C@H]4CC[C@H](N5CCCCC5=O)CC4)cc3-c3ccsc3)cc2)CCC1. The second-order valence-corrected chi connectivity index (χ2v) is 12.5. The summed E-state index contributed by atoms with van der Waals surface area (Å²) in [5, 5.41) is 7.27. The van der Waals surface area contributed by atoms with Crippen LogP contribution >= 0.6 is 11.3 Å². The molecule has 7 heteroatoms. The highest BCUT2D eigenvalue weighted by molar-refractivity contribution is 7.08. The lowest BCUT2D eigenvalue weighted by Crippen LogP contribution is -2.45. The van der Waals surface area contributed by atoms with Gasteiger partial charge in [0, 0.05) is 42.7 Å². The first kappa shape index (κ1) is 26.2. The van der Waals surface area contributed by atoms with Crippen LogP contribution in [-0.4, -0.2) is 34.3 Å². The Bertz CT molecular complexity index is 1310. The van der Waals surface area contributed by atoms with Gasteiger partial charge in [-0.25, -0.2) is 4.98 Å². The second-order valence-electron chi connectivity index (χ2n) is 11.7. The van der Waals surface area contributed by atoms with Crippen molar-refractivity contribution in [1.82, 2.24) is 9.88 Å². The van der Waals surface area contributed by atoms with Gasteiger partial charge in [0.15, 0.2) is 0 Å². The van der Waals surface area contributed by atoms with Crippen molar-refractivity contribution in [3.05, 3.63) is 58.9 Å². The summed E-state index contributed by atoms with van der Waals surface area (Å²) in [5.41, 5.74) is 11.9. The molecular formula is C32H38N4O2S. The zero-order chi connectivity index (χ0) is 26.8. The van der Waals surface area contributed by atoms with Gasteiger partial charge in [-0.3, -0.25) is 9.59 Å². The third kappa shape index (κ3) is 5.66. The highest BCUT2D eigenvalue weighted by Crippen LogP contribution is 2.40. The Kier molecular flexibility index (Phi) is 7.54. The Morgan fingerprint density at radius 3 is 2.49 bits per heavy atom. The zero-order valence-electron chi connectivity index (χ0n) is 22.5. The van der Waals surface area contributed by atoms with Crippen LogP contribution in [0.15, 0.2) is 53.4 Å². The highest BCUT2D eigenvalue weighted by Gasteiger charge is 2.34. The quantitative estimate of drug-likeness (QED) is 0.347. The number of nitrogens with one attached hydrogen (secondary N) is 1. The predicted octanol–water partition coefficient (Wildman–Crippen LogP) is 6.71. The third-order valence-electron chi connectivity index (χ3n) is 9.11. The molecule has 6 nitrogen and oxygen atoms in total. The molecule has 2 aliphatic carbocycles. The topological polar surface area (TPSA) is 88.3 Å². The van der Waals surface area contributed by atoms with Crippen LogP contribution in [0.1, 0.15) is 76.2 Å². The molecule has 204 valence electrons. The third-order valence-corrected chi connectivity index (χ3v) is 9.79. The molecule has 3 N–H and O–H groups in total. The van der Waals surface area contributed by atoms with E-state index in [1.807, 2.05) is 12.3 Å². The molecule has 0 bridgehead atoms. The van der Waals surface area contributed by atoms with Crippen LogP contribution < -0.4 is 11.1 Å². The lowest BCUT2D eigenvalue weighted by atomic mass is 9.72. The number of piperidine rings is 1. The van der Waals surface area contributed by atoms with Crippen molar-refractivity contribution >= 4 is 29.0 Å². The van der Waals surface area contributed by atoms with Crippen LogP contribution in [0.4, 0.5) is 5.82 Å². The van der Waals surface area contributed by atoms with E-state index in [2.05, 4.69) is 56.3 Å². The molecule has 1 aromatic carbocycles. The number of aromatic nitrogens is 1. The van der Waals surface area contributed by atoms with Crippen molar-refractivity contribution in [2.24, 2.45) is 11.7 Å². The Morgan fingerprint density at radius 2 is 1.82 bits per heavy atom. The average molecular weight is 543 g/mol. The van der Waals surface area contributed by atoms with Crippen molar-refractivity contribution in [2.75, 3.05) is 11.9 Å². The number of benzene rings is 1. The fourth-order valence-corrected chi connectivity index (χ4v) is 7.22. The molecule has 6 rings (SSSR count). The molecule has 2 saturated carbocycles. The van der Waals surface area contributed by atoms with E-state index in [1.54, 1.807) is 11.3 Å². The van der Waals surface area contributed by atoms with Gasteiger partial charge in [0.25, 0.3) is 0 Å². The molecule has 3 fully saturated rings. The average Bonchev–Trinajstić information content (AvgIpc) is 3.48. The van der Waals surface area contributed by atoms with Gasteiger partial charge in [0.05, 0.1) is 0 Å². The number of likely N-dealkylation sites (tertiary alicyclic amines) is 1. The smallest absolute Gasteiger partial charge is 0.225 e. The monoisotopic (exact) mass is 542 g/mol. The van der Waals surface area contributed by atoms with Crippen LogP contribution in [0.3, 0.4) is 0 Å². The summed E-state index contributed by atoms with van der Waals surface area (Å²) in [6.07, 6.45) is 12.5. The number of amides is 2. The van der Waals surface area contributed by atoms with E-state index in [4.69, 9.17) is 5.73 Å². The fraction of sp³-hybridized carbons (Fsp3) is 0.469. The lowest BCUT2D eigenvalue weighted by Gasteiger charge is -2.38. The van der Waals surface area contributed by atoms with Crippen molar-refractivity contribution in [3.63, 3.8) is 0 Å². The molecule has 3 aromatic rings. The van der Waals surface area contributed by atoms with E-state index in [9.17, 15) is 9.59 Å². The maximum Gasteiger partial charge on any atom is 0.225 e. The van der Waals surface area contributed by atoms with Gasteiger partial charge in [0.2, 0.25) is 11.8 Å². The number of thiophene rings is 1. The van der Waals surface area contributed by atoms with Gasteiger partial charge in [-0.1, -0.05) is 24.3 Å². The Balaban J connectivity index is 1.12. The van der Waals surface area contributed by atoms with Crippen LogP contribution in [0, 0.1) is 5.92 Å². The summed E-state index contributed by atoms with van der Waals surface area (Å²) < 4.78 is 0. The highest BCUT2D eigenvalue weighted by atomic mass is 32.1. The van der Waals surface area contributed by atoms with E-state index < -0.39 is 0 Å². The molecule has 3 heterocycles. The van der Waals surface area contributed by atoms with E-state index in [0.29, 0.717) is 36.5 Å². The summed E-state index contributed by atoms with van der Waals surface area (Å²) in [6.45, 7) is 0.903. The van der Waals surface area contributed by atoms with E-state index in [0.717, 1.165) is 80.2 Å². The number of hydrogen-bond donors (Lipinski definition) is 2. The Labute approximate surface area is 235 Å². The minimum absolute atomic E-state index is 0.0158. The number of carbonyl (C=O) groups is 2. The number of nitrogens with two attached hydrogens (primary N) is 1. The summed E-state index contributed by atoms with van der Waals surface area (Å²) in [5.74, 6) is 1.28. The number of rotatable bonds is 7. The lowest BCUT2D eigenvalue weighted by molar-refractivity contribution is -0.136. The van der Waals surface area contributed by atoms with Crippen LogP contribution in [0.2, 0.25) is 0 Å². The maximum absolute atomic E-state index is 13.0. The largest absolute Gasteiger partial charge is 0.340 e. The van der Waals surface area contributed by atoms with E-state index in [1.165, 1.54) is 12.0 Å². The molecule has 3 aliphatic rings. The minimum Gasteiger partial charge on any atom is -0.340 e. The molecule has 0 unspecified atom stereocenters. The molecule has 2 aromatic heterocycles. The summed E-state index contributed by atoms with van der Waals surface area (Å²) in [6, 6.07) is 13.0. The zero-order valence-corrected chi connectivity index (χ0v) is 23.3. The number of nitrogens with zero attached hydrogens (tertiary/aromatic N) is 2. The summed E-state index contributed by atoms with van der Waals surface area (Å²) >= 11 is 1.66. The molecule has 0 atom stereocenters. The van der Waals surface area contributed by atoms with Gasteiger partial charge in [-0.15, -0.1) is 0 Å². The standard InChI is InChI=1S/C32H38N4O2S/c33-32(14-3-15-32)25-9-7-23(8-10-25)28-20-34-29(19-27(28)24-13-17-39-21-24)35-30(37)18-22-5-11-26(12-6-22)36-16-2-1-4-31(36)38/h7-10,13,17,19-22,26H,1-6,11-12,14-16,18,33H2,(H,34,35,37)/t22-,26-.